The largest absolute Gasteiger partial charge is 0.508 e. The van der Waals surface area contributed by atoms with Gasteiger partial charge in [-0.3, -0.25) is 14.5 Å². The number of amides is 2. The summed E-state index contributed by atoms with van der Waals surface area (Å²) in [5.74, 6) is -0.846. The first kappa shape index (κ1) is 19.8. The lowest BCUT2D eigenvalue weighted by molar-refractivity contribution is -0.114. The molecule has 140 valence electrons. The highest BCUT2D eigenvalue weighted by atomic mass is 16.3. The van der Waals surface area contributed by atoms with Crippen LogP contribution in [0, 0.1) is 13.8 Å². The third kappa shape index (κ3) is 4.17. The molecule has 0 heterocycles. The molecule has 0 aliphatic heterocycles. The number of carbonyl (C=O) groups is 2. The second-order valence-corrected chi connectivity index (χ2v) is 6.21. The molecule has 0 unspecified atom stereocenters. The number of aryl methyl sites for hydroxylation is 1. The minimum atomic E-state index is -0.759. The number of anilines is 1. The van der Waals surface area contributed by atoms with Crippen molar-refractivity contribution in [1.82, 2.24) is 0 Å². The van der Waals surface area contributed by atoms with E-state index in [9.17, 15) is 14.7 Å². The molecule has 0 bridgehead atoms. The van der Waals surface area contributed by atoms with Gasteiger partial charge in [0.1, 0.15) is 11.6 Å². The third-order valence-electron chi connectivity index (χ3n) is 4.34. The van der Waals surface area contributed by atoms with Crippen LogP contribution in [0.3, 0.4) is 0 Å². The molecule has 0 radical (unpaired) electrons. The van der Waals surface area contributed by atoms with Crippen LogP contribution >= 0.6 is 0 Å². The zero-order valence-electron chi connectivity index (χ0n) is 15.6. The normalized spacial score (nSPS) is 12.3. The van der Waals surface area contributed by atoms with Gasteiger partial charge in [0.05, 0.1) is 11.3 Å². The summed E-state index contributed by atoms with van der Waals surface area (Å²) in [6, 6.07) is 12.6. The number of rotatable bonds is 6. The Morgan fingerprint density at radius 2 is 1.70 bits per heavy atom. The Hall–Kier alpha value is -3.54. The van der Waals surface area contributed by atoms with Crippen molar-refractivity contribution < 1.29 is 14.7 Å². The van der Waals surface area contributed by atoms with Gasteiger partial charge < -0.3 is 16.6 Å². The van der Waals surface area contributed by atoms with Crippen LogP contribution in [0.15, 0.2) is 59.9 Å². The first-order valence-electron chi connectivity index (χ1n) is 8.34. The average Bonchev–Trinajstić information content (AvgIpc) is 2.66. The zero-order valence-corrected chi connectivity index (χ0v) is 15.6. The lowest BCUT2D eigenvalue weighted by Gasteiger charge is -2.24. The first-order chi connectivity index (χ1) is 12.8. The van der Waals surface area contributed by atoms with E-state index in [-0.39, 0.29) is 17.1 Å². The summed E-state index contributed by atoms with van der Waals surface area (Å²) in [5, 5.41) is 9.99. The van der Waals surface area contributed by atoms with Gasteiger partial charge in [-0.05, 0) is 49.6 Å². The fraction of sp³-hybridized carbons (Fsp3) is 0.143. The number of nitrogens with two attached hydrogens (primary N) is 2. The maximum absolute atomic E-state index is 12.0. The second-order valence-electron chi connectivity index (χ2n) is 6.21. The third-order valence-corrected chi connectivity index (χ3v) is 4.34. The van der Waals surface area contributed by atoms with E-state index in [1.807, 2.05) is 37.3 Å². The molecule has 6 heteroatoms. The number of phenolic OH excluding ortho intramolecular Hbond substituents is 1. The highest BCUT2D eigenvalue weighted by Crippen LogP contribution is 2.32. The molecule has 27 heavy (non-hydrogen) atoms. The molecule has 2 rings (SSSR count). The number of primary amides is 1. The standard InChI is InChI=1S/C21H23N3O3/c1-13-9-10-18(26)15(3)19(13)24(12-25)20(22)17(21(23)27)11-14(2)16-7-5-4-6-8-16/h4-12,26H,22H2,1-3H3,(H2,23,27)/b14-11+,20-17+. The van der Waals surface area contributed by atoms with Crippen LogP contribution in [0.1, 0.15) is 23.6 Å². The molecule has 2 amide bonds. The summed E-state index contributed by atoms with van der Waals surface area (Å²) >= 11 is 0. The maximum atomic E-state index is 12.0. The van der Waals surface area contributed by atoms with Crippen molar-refractivity contribution in [3.05, 3.63) is 76.6 Å². The van der Waals surface area contributed by atoms with Crippen LogP contribution in [0.4, 0.5) is 5.69 Å². The van der Waals surface area contributed by atoms with Crippen molar-refractivity contribution in [2.75, 3.05) is 4.90 Å². The monoisotopic (exact) mass is 365 g/mol. The molecule has 0 aromatic heterocycles. The smallest absolute Gasteiger partial charge is 0.252 e. The molecule has 2 aromatic rings. The Bertz CT molecular complexity index is 931. The molecule has 5 N–H and O–H groups in total. The number of phenols is 1. The summed E-state index contributed by atoms with van der Waals surface area (Å²) in [6.07, 6.45) is 2.05. The predicted molar refractivity (Wildman–Crippen MR) is 107 cm³/mol. The van der Waals surface area contributed by atoms with Gasteiger partial charge in [-0.25, -0.2) is 0 Å². The van der Waals surface area contributed by atoms with Crippen LogP contribution in [0.25, 0.3) is 5.57 Å². The van der Waals surface area contributed by atoms with Crippen molar-refractivity contribution in [2.45, 2.75) is 20.8 Å². The van der Waals surface area contributed by atoms with Gasteiger partial charge in [-0.1, -0.05) is 36.4 Å². The number of allylic oxidation sites excluding steroid dienone is 1. The fourth-order valence-corrected chi connectivity index (χ4v) is 2.83. The molecule has 0 spiro atoms. The lowest BCUT2D eigenvalue weighted by Crippen LogP contribution is -2.32. The van der Waals surface area contributed by atoms with Gasteiger partial charge in [-0.15, -0.1) is 0 Å². The number of aromatic hydroxyl groups is 1. The topological polar surface area (TPSA) is 110 Å². The van der Waals surface area contributed by atoms with Gasteiger partial charge in [0.25, 0.3) is 5.91 Å². The summed E-state index contributed by atoms with van der Waals surface area (Å²) < 4.78 is 0. The van der Waals surface area contributed by atoms with Crippen LogP contribution in [0.5, 0.6) is 5.75 Å². The SMILES string of the molecule is C/C(=C\C(C(N)=O)=C(\N)N(C=O)c1c(C)ccc(O)c1C)c1ccccc1. The van der Waals surface area contributed by atoms with Crippen LogP contribution in [-0.2, 0) is 9.59 Å². The molecule has 0 aliphatic rings. The Labute approximate surface area is 158 Å². The minimum absolute atomic E-state index is 0.00518. The highest BCUT2D eigenvalue weighted by Gasteiger charge is 2.20. The minimum Gasteiger partial charge on any atom is -0.508 e. The summed E-state index contributed by atoms with van der Waals surface area (Å²) in [4.78, 5) is 25.0. The number of hydrogen-bond donors (Lipinski definition) is 3. The van der Waals surface area contributed by atoms with Crippen LogP contribution in [0.2, 0.25) is 0 Å². The predicted octanol–water partition coefficient (Wildman–Crippen LogP) is 2.73. The Kier molecular flexibility index (Phi) is 6.03. The summed E-state index contributed by atoms with van der Waals surface area (Å²) in [5.41, 5.74) is 15.0. The van der Waals surface area contributed by atoms with Crippen molar-refractivity contribution >= 4 is 23.6 Å². The van der Waals surface area contributed by atoms with E-state index in [2.05, 4.69) is 0 Å². The molecular formula is C21H23N3O3. The Morgan fingerprint density at radius 1 is 1.07 bits per heavy atom. The number of carbonyl (C=O) groups excluding carboxylic acids is 2. The summed E-state index contributed by atoms with van der Waals surface area (Å²) in [7, 11) is 0. The lowest BCUT2D eigenvalue weighted by atomic mass is 10.0. The molecule has 0 aliphatic carbocycles. The average molecular weight is 365 g/mol. The van der Waals surface area contributed by atoms with Gasteiger partial charge in [0, 0.05) is 5.56 Å². The van der Waals surface area contributed by atoms with E-state index >= 15 is 0 Å². The van der Waals surface area contributed by atoms with Gasteiger partial charge >= 0.3 is 0 Å². The van der Waals surface area contributed by atoms with E-state index in [1.165, 1.54) is 6.07 Å². The first-order valence-corrected chi connectivity index (χ1v) is 8.34. The summed E-state index contributed by atoms with van der Waals surface area (Å²) in [6.45, 7) is 5.26. The second kappa shape index (κ2) is 8.23. The van der Waals surface area contributed by atoms with Crippen molar-refractivity contribution in [1.29, 1.82) is 0 Å². The van der Waals surface area contributed by atoms with Gasteiger partial charge in [-0.2, -0.15) is 0 Å². The number of hydrogen-bond acceptors (Lipinski definition) is 4. The van der Waals surface area contributed by atoms with Gasteiger partial charge in [0.15, 0.2) is 0 Å². The Balaban J connectivity index is 2.64. The molecule has 0 atom stereocenters. The molecular weight excluding hydrogens is 342 g/mol. The van der Waals surface area contributed by atoms with Crippen molar-refractivity contribution in [3.8, 4) is 5.75 Å². The van der Waals surface area contributed by atoms with E-state index in [0.717, 1.165) is 16.0 Å². The maximum Gasteiger partial charge on any atom is 0.252 e. The van der Waals surface area contributed by atoms with Crippen LogP contribution in [-0.4, -0.2) is 17.4 Å². The zero-order chi connectivity index (χ0) is 20.1. The Morgan fingerprint density at radius 3 is 2.26 bits per heavy atom. The fourth-order valence-electron chi connectivity index (χ4n) is 2.83. The van der Waals surface area contributed by atoms with Crippen molar-refractivity contribution in [3.63, 3.8) is 0 Å². The van der Waals surface area contributed by atoms with E-state index in [0.29, 0.717) is 23.2 Å². The van der Waals surface area contributed by atoms with E-state index < -0.39 is 5.91 Å². The molecule has 6 nitrogen and oxygen atoms in total. The van der Waals surface area contributed by atoms with Gasteiger partial charge in [0.2, 0.25) is 6.41 Å². The number of nitrogens with zero attached hydrogens (tertiary/aromatic N) is 1. The van der Waals surface area contributed by atoms with Crippen LogP contribution < -0.4 is 16.4 Å². The number of benzene rings is 2. The quantitative estimate of drug-likeness (QED) is 0.415. The molecule has 0 fully saturated rings. The van der Waals surface area contributed by atoms with E-state index in [4.69, 9.17) is 11.5 Å². The molecule has 0 saturated heterocycles. The van der Waals surface area contributed by atoms with E-state index in [1.54, 1.807) is 26.0 Å². The van der Waals surface area contributed by atoms with Crippen molar-refractivity contribution in [2.24, 2.45) is 11.5 Å². The molecule has 0 saturated carbocycles. The highest BCUT2D eigenvalue weighted by molar-refractivity contribution is 6.00. The molecule has 2 aromatic carbocycles.